The lowest BCUT2D eigenvalue weighted by Crippen LogP contribution is -2.44. The van der Waals surface area contributed by atoms with E-state index in [1.807, 2.05) is 81.4 Å². The summed E-state index contributed by atoms with van der Waals surface area (Å²) in [6.45, 7) is 5.98. The number of likely N-dealkylation sites (N-methyl/N-ethyl adjacent to an activating group) is 1. The minimum Gasteiger partial charge on any atom is -0.488 e. The first-order valence-electron chi connectivity index (χ1n) is 11.7. The third-order valence-corrected chi connectivity index (χ3v) is 6.13. The molecule has 4 rings (SSSR count). The number of carbonyl (C=O) groups excluding carboxylic acids is 1. The van der Waals surface area contributed by atoms with Crippen LogP contribution in [0, 0.1) is 0 Å². The second-order valence-corrected chi connectivity index (χ2v) is 9.83. The first kappa shape index (κ1) is 24.3. The number of ether oxygens (including phenoxy) is 2. The molecule has 0 bridgehead atoms. The number of carbonyl (C=O) groups is 2. The van der Waals surface area contributed by atoms with Gasteiger partial charge in [-0.3, -0.25) is 4.90 Å². The van der Waals surface area contributed by atoms with Crippen LogP contribution in [-0.2, 0) is 16.0 Å². The average Bonchev–Trinajstić information content (AvgIpc) is 3.13. The van der Waals surface area contributed by atoms with Gasteiger partial charge in [0.1, 0.15) is 24.0 Å². The second kappa shape index (κ2) is 9.82. The highest BCUT2D eigenvalue weighted by Crippen LogP contribution is 2.44. The van der Waals surface area contributed by atoms with Crippen LogP contribution in [0.1, 0.15) is 43.4 Å². The predicted molar refractivity (Wildman–Crippen MR) is 135 cm³/mol. The quantitative estimate of drug-likeness (QED) is 0.474. The van der Waals surface area contributed by atoms with Gasteiger partial charge < -0.3 is 14.6 Å². The number of rotatable bonds is 7. The molecule has 6 nitrogen and oxygen atoms in total. The van der Waals surface area contributed by atoms with Gasteiger partial charge in [0.2, 0.25) is 0 Å². The smallest absolute Gasteiger partial charge is 0.410 e. The molecule has 3 aromatic rings. The summed E-state index contributed by atoms with van der Waals surface area (Å²) in [5.74, 6) is -0.527. The van der Waals surface area contributed by atoms with Crippen molar-refractivity contribution < 1.29 is 24.2 Å². The average molecular weight is 474 g/mol. The van der Waals surface area contributed by atoms with Crippen LogP contribution in [0.2, 0.25) is 0 Å². The maximum atomic E-state index is 12.9. The van der Waals surface area contributed by atoms with Gasteiger partial charge in [-0.1, -0.05) is 60.7 Å². The monoisotopic (exact) mass is 473 g/mol. The molecule has 1 unspecified atom stereocenters. The van der Waals surface area contributed by atoms with Gasteiger partial charge in [-0.2, -0.15) is 0 Å². The Kier molecular flexibility index (Phi) is 6.83. The number of hydrogen-bond acceptors (Lipinski definition) is 4. The number of carboxylic acid groups (broad SMARTS) is 1. The Morgan fingerprint density at radius 3 is 2.11 bits per heavy atom. The van der Waals surface area contributed by atoms with E-state index in [1.165, 1.54) is 7.05 Å². The Labute approximate surface area is 206 Å². The van der Waals surface area contributed by atoms with Crippen molar-refractivity contribution in [3.8, 4) is 16.9 Å². The van der Waals surface area contributed by atoms with Crippen LogP contribution < -0.4 is 4.74 Å². The molecule has 0 spiro atoms. The molecule has 0 aliphatic heterocycles. The summed E-state index contributed by atoms with van der Waals surface area (Å²) in [6.07, 6.45) is -0.529. The zero-order valence-electron chi connectivity index (χ0n) is 20.5. The van der Waals surface area contributed by atoms with E-state index >= 15 is 0 Å². The van der Waals surface area contributed by atoms with Gasteiger partial charge in [0.25, 0.3) is 0 Å². The molecule has 0 fully saturated rings. The van der Waals surface area contributed by atoms with Gasteiger partial charge >= 0.3 is 12.1 Å². The predicted octanol–water partition coefficient (Wildman–Crippen LogP) is 5.74. The molecular formula is C29H31NO5. The van der Waals surface area contributed by atoms with Gasteiger partial charge in [-0.05, 0) is 60.7 Å². The number of aliphatic carboxylic acids is 1. The molecule has 35 heavy (non-hydrogen) atoms. The minimum atomic E-state index is -1.09. The van der Waals surface area contributed by atoms with E-state index < -0.39 is 18.1 Å². The molecule has 182 valence electrons. The topological polar surface area (TPSA) is 76.1 Å². The normalized spacial score (nSPS) is 13.5. The highest BCUT2D eigenvalue weighted by atomic mass is 16.6. The van der Waals surface area contributed by atoms with Gasteiger partial charge in [0, 0.05) is 19.4 Å². The number of fused-ring (bicyclic) bond motifs is 3. The van der Waals surface area contributed by atoms with E-state index in [-0.39, 0.29) is 24.5 Å². The molecule has 0 saturated carbocycles. The van der Waals surface area contributed by atoms with Crippen LogP contribution >= 0.6 is 0 Å². The van der Waals surface area contributed by atoms with E-state index in [4.69, 9.17) is 9.47 Å². The van der Waals surface area contributed by atoms with Crippen molar-refractivity contribution in [1.82, 2.24) is 4.90 Å². The van der Waals surface area contributed by atoms with Gasteiger partial charge in [0.05, 0.1) is 0 Å². The van der Waals surface area contributed by atoms with Crippen LogP contribution in [0.25, 0.3) is 11.1 Å². The zero-order chi connectivity index (χ0) is 25.2. The van der Waals surface area contributed by atoms with Crippen LogP contribution in [-0.4, -0.2) is 47.4 Å². The van der Waals surface area contributed by atoms with Crippen molar-refractivity contribution in [3.63, 3.8) is 0 Å². The van der Waals surface area contributed by atoms with Crippen molar-refractivity contribution in [3.05, 3.63) is 89.5 Å². The lowest BCUT2D eigenvalue weighted by Gasteiger charge is -2.26. The molecule has 0 aromatic heterocycles. The first-order chi connectivity index (χ1) is 16.6. The Bertz CT molecular complexity index is 1180. The zero-order valence-corrected chi connectivity index (χ0v) is 20.5. The fraction of sp³-hybridized carbons (Fsp3) is 0.310. The fourth-order valence-corrected chi connectivity index (χ4v) is 4.53. The third-order valence-electron chi connectivity index (χ3n) is 6.13. The van der Waals surface area contributed by atoms with Crippen molar-refractivity contribution in [2.45, 2.75) is 44.8 Å². The summed E-state index contributed by atoms with van der Waals surface area (Å²) in [6, 6.07) is 22.4. The standard InChI is InChI=1S/C29H31NO5/c1-29(2,3)35-20-11-9-10-19(16-20)17-26(27(31)32)30(4)28(33)34-18-25-23-14-7-5-12-21(23)22-13-6-8-15-24(22)25/h5-16,25-26H,17-18H2,1-4H3,(H,31,32). The Hall–Kier alpha value is -3.80. The Morgan fingerprint density at radius 2 is 1.54 bits per heavy atom. The molecule has 1 aliphatic carbocycles. The number of carboxylic acids is 1. The van der Waals surface area contributed by atoms with Crippen molar-refractivity contribution in [2.75, 3.05) is 13.7 Å². The number of nitrogens with zero attached hydrogens (tertiary/aromatic N) is 1. The lowest BCUT2D eigenvalue weighted by molar-refractivity contribution is -0.142. The molecule has 1 N–H and O–H groups in total. The number of hydrogen-bond donors (Lipinski definition) is 1. The van der Waals surface area contributed by atoms with Crippen LogP contribution in [0.15, 0.2) is 72.8 Å². The molecule has 0 heterocycles. The molecule has 0 saturated heterocycles. The molecule has 6 heteroatoms. The summed E-state index contributed by atoms with van der Waals surface area (Å²) in [4.78, 5) is 26.2. The molecule has 0 radical (unpaired) electrons. The number of amides is 1. The van der Waals surface area contributed by atoms with Gasteiger partial charge in [0.15, 0.2) is 0 Å². The lowest BCUT2D eigenvalue weighted by atomic mass is 9.98. The molecular weight excluding hydrogens is 442 g/mol. The molecule has 1 amide bonds. The Morgan fingerprint density at radius 1 is 0.943 bits per heavy atom. The van der Waals surface area contributed by atoms with Gasteiger partial charge in [-0.25, -0.2) is 9.59 Å². The van der Waals surface area contributed by atoms with Gasteiger partial charge in [-0.15, -0.1) is 0 Å². The largest absolute Gasteiger partial charge is 0.488 e. The minimum absolute atomic E-state index is 0.0887. The fourth-order valence-electron chi connectivity index (χ4n) is 4.53. The highest BCUT2D eigenvalue weighted by Gasteiger charge is 2.32. The first-order valence-corrected chi connectivity index (χ1v) is 11.7. The Balaban J connectivity index is 1.46. The van der Waals surface area contributed by atoms with Crippen LogP contribution in [0.4, 0.5) is 4.79 Å². The summed E-state index contributed by atoms with van der Waals surface area (Å²) in [5, 5.41) is 9.87. The van der Waals surface area contributed by atoms with Crippen molar-refractivity contribution in [1.29, 1.82) is 0 Å². The van der Waals surface area contributed by atoms with Crippen LogP contribution in [0.5, 0.6) is 5.75 Å². The van der Waals surface area contributed by atoms with Crippen molar-refractivity contribution >= 4 is 12.1 Å². The SMILES string of the molecule is CN(C(=O)OCC1c2ccccc2-c2ccccc21)C(Cc1cccc(OC(C)(C)C)c1)C(=O)O. The molecule has 3 aromatic carbocycles. The summed E-state index contributed by atoms with van der Waals surface area (Å²) < 4.78 is 11.6. The molecule has 1 aliphatic rings. The maximum Gasteiger partial charge on any atom is 0.410 e. The van der Waals surface area contributed by atoms with Crippen molar-refractivity contribution in [2.24, 2.45) is 0 Å². The summed E-state index contributed by atoms with van der Waals surface area (Å²) in [5.41, 5.74) is 4.88. The van der Waals surface area contributed by atoms with E-state index in [0.29, 0.717) is 5.75 Å². The third kappa shape index (κ3) is 5.48. The van der Waals surface area contributed by atoms with E-state index in [2.05, 4.69) is 12.1 Å². The van der Waals surface area contributed by atoms with E-state index in [9.17, 15) is 14.7 Å². The van der Waals surface area contributed by atoms with E-state index in [1.54, 1.807) is 0 Å². The highest BCUT2D eigenvalue weighted by molar-refractivity contribution is 5.81. The second-order valence-electron chi connectivity index (χ2n) is 9.83. The summed E-state index contributed by atoms with van der Waals surface area (Å²) >= 11 is 0. The maximum absolute atomic E-state index is 12.9. The number of benzene rings is 3. The molecule has 1 atom stereocenters. The summed E-state index contributed by atoms with van der Waals surface area (Å²) in [7, 11) is 1.47. The van der Waals surface area contributed by atoms with E-state index in [0.717, 1.165) is 32.7 Å². The van der Waals surface area contributed by atoms with Crippen LogP contribution in [0.3, 0.4) is 0 Å².